The summed E-state index contributed by atoms with van der Waals surface area (Å²) in [5, 5.41) is 2.99. The number of nitrogens with one attached hydrogen (secondary N) is 2. The van der Waals surface area contributed by atoms with Gasteiger partial charge in [-0.2, -0.15) is 0 Å². The number of hydrogen-bond acceptors (Lipinski definition) is 4. The number of nitrogens with zero attached hydrogens (tertiary/aromatic N) is 3. The maximum Gasteiger partial charge on any atom is 0.253 e. The number of aromatic nitrogens is 3. The molecule has 1 amide bonds. The van der Waals surface area contributed by atoms with E-state index in [1.807, 2.05) is 7.05 Å². The van der Waals surface area contributed by atoms with Gasteiger partial charge in [-0.1, -0.05) is 6.92 Å². The van der Waals surface area contributed by atoms with Crippen LogP contribution in [-0.2, 0) is 7.05 Å². The molecule has 1 saturated heterocycles. The van der Waals surface area contributed by atoms with Gasteiger partial charge in [-0.25, -0.2) is 4.98 Å². The van der Waals surface area contributed by atoms with Crippen LogP contribution in [0.4, 0.5) is 0 Å². The number of piperidine rings is 1. The summed E-state index contributed by atoms with van der Waals surface area (Å²) in [5.74, 6) is 0.299. The van der Waals surface area contributed by atoms with Crippen LogP contribution in [0.1, 0.15) is 30.1 Å². The second-order valence-electron chi connectivity index (χ2n) is 6.19. The predicted molar refractivity (Wildman–Crippen MR) is 88.5 cm³/mol. The molecule has 2 N–H and O–H groups in total. The number of likely N-dealkylation sites (tertiary alicyclic amines) is 1. The normalized spacial score (nSPS) is 16.8. The zero-order valence-corrected chi connectivity index (χ0v) is 13.6. The molecule has 23 heavy (non-hydrogen) atoms. The Morgan fingerprint density at radius 3 is 2.87 bits per heavy atom. The van der Waals surface area contributed by atoms with Crippen LogP contribution in [-0.4, -0.2) is 51.5 Å². The van der Waals surface area contributed by atoms with Gasteiger partial charge in [0.1, 0.15) is 0 Å². The molecular formula is C16H23N5O2. The van der Waals surface area contributed by atoms with Gasteiger partial charge in [0, 0.05) is 19.7 Å². The molecule has 0 radical (unpaired) electrons. The number of carbonyl (C=O) groups is 1. The number of fused-ring (bicyclic) bond motifs is 1. The van der Waals surface area contributed by atoms with Crippen LogP contribution >= 0.6 is 0 Å². The molecule has 0 spiro atoms. The highest BCUT2D eigenvalue weighted by Crippen LogP contribution is 2.17. The van der Waals surface area contributed by atoms with E-state index < -0.39 is 0 Å². The zero-order valence-electron chi connectivity index (χ0n) is 13.6. The number of hydrogen-bond donors (Lipinski definition) is 2. The lowest BCUT2D eigenvalue weighted by Gasteiger charge is -2.31. The van der Waals surface area contributed by atoms with Gasteiger partial charge in [0.25, 0.3) is 5.91 Å². The van der Waals surface area contributed by atoms with Gasteiger partial charge in [-0.05, 0) is 38.4 Å². The number of pyridine rings is 1. The molecule has 7 heteroatoms. The highest BCUT2D eigenvalue weighted by atomic mass is 16.2. The number of imidazole rings is 1. The molecule has 0 saturated carbocycles. The third-order valence-electron chi connectivity index (χ3n) is 4.66. The minimum Gasteiger partial charge on any atom is -0.352 e. The third-order valence-corrected chi connectivity index (χ3v) is 4.66. The van der Waals surface area contributed by atoms with Crippen LogP contribution in [0.25, 0.3) is 11.2 Å². The first-order valence-electron chi connectivity index (χ1n) is 8.13. The average molecular weight is 317 g/mol. The van der Waals surface area contributed by atoms with Crippen molar-refractivity contribution < 1.29 is 4.79 Å². The van der Waals surface area contributed by atoms with E-state index >= 15 is 0 Å². The summed E-state index contributed by atoms with van der Waals surface area (Å²) in [6.07, 6.45) is 3.80. The van der Waals surface area contributed by atoms with Crippen LogP contribution in [0.15, 0.2) is 17.2 Å². The summed E-state index contributed by atoms with van der Waals surface area (Å²) in [5.41, 5.74) is 1.18. The van der Waals surface area contributed by atoms with Crippen molar-refractivity contribution in [3.8, 4) is 0 Å². The van der Waals surface area contributed by atoms with Crippen molar-refractivity contribution in [2.75, 3.05) is 26.2 Å². The number of amides is 1. The lowest BCUT2D eigenvalue weighted by atomic mass is 9.97. The fraction of sp³-hybridized carbons (Fsp3) is 0.562. The Morgan fingerprint density at radius 2 is 2.17 bits per heavy atom. The van der Waals surface area contributed by atoms with Crippen molar-refractivity contribution >= 4 is 17.1 Å². The quantitative estimate of drug-likeness (QED) is 0.870. The number of aryl methyl sites for hydroxylation is 1. The monoisotopic (exact) mass is 317 g/mol. The molecule has 124 valence electrons. The molecule has 0 atom stereocenters. The summed E-state index contributed by atoms with van der Waals surface area (Å²) in [4.78, 5) is 33.4. The first-order chi connectivity index (χ1) is 11.1. The second kappa shape index (κ2) is 6.54. The fourth-order valence-electron chi connectivity index (χ4n) is 3.20. The molecule has 1 aliphatic rings. The summed E-state index contributed by atoms with van der Waals surface area (Å²) in [7, 11) is 1.81. The van der Waals surface area contributed by atoms with Gasteiger partial charge in [-0.15, -0.1) is 0 Å². The smallest absolute Gasteiger partial charge is 0.253 e. The van der Waals surface area contributed by atoms with Crippen LogP contribution in [0.5, 0.6) is 0 Å². The van der Waals surface area contributed by atoms with Gasteiger partial charge in [0.2, 0.25) is 5.56 Å². The Kier molecular flexibility index (Phi) is 4.47. The van der Waals surface area contributed by atoms with Crippen molar-refractivity contribution in [1.29, 1.82) is 0 Å². The Hall–Kier alpha value is -2.15. The Balaban J connectivity index is 1.69. The Bertz CT molecular complexity index is 755. The molecular weight excluding hydrogens is 294 g/mol. The van der Waals surface area contributed by atoms with E-state index in [0.717, 1.165) is 32.5 Å². The molecule has 2 aromatic heterocycles. The zero-order chi connectivity index (χ0) is 16.4. The number of carbonyl (C=O) groups excluding carboxylic acids is 1. The van der Waals surface area contributed by atoms with E-state index in [2.05, 4.69) is 27.1 Å². The van der Waals surface area contributed by atoms with Crippen molar-refractivity contribution in [3.05, 3.63) is 28.3 Å². The lowest BCUT2D eigenvalue weighted by molar-refractivity contribution is 0.0938. The average Bonchev–Trinajstić information content (AvgIpc) is 2.93. The van der Waals surface area contributed by atoms with Crippen LogP contribution < -0.4 is 10.9 Å². The van der Waals surface area contributed by atoms with Crippen LogP contribution in [0.3, 0.4) is 0 Å². The number of aromatic amines is 1. The van der Waals surface area contributed by atoms with Gasteiger partial charge in [0.05, 0.1) is 17.4 Å². The summed E-state index contributed by atoms with van der Waals surface area (Å²) in [6.45, 7) is 6.10. The standard InChI is InChI=1S/C16H23N5O2/c1-3-21-6-4-11(5-7-21)9-17-16(23)12-8-13(22)19-15-14(12)20(2)10-18-15/h8,10-11H,3-7,9H2,1-2H3,(H,17,23)(H,19,22). The van der Waals surface area contributed by atoms with E-state index in [1.165, 1.54) is 6.07 Å². The van der Waals surface area contributed by atoms with E-state index in [9.17, 15) is 9.59 Å². The largest absolute Gasteiger partial charge is 0.352 e. The van der Waals surface area contributed by atoms with Crippen molar-refractivity contribution in [1.82, 2.24) is 24.8 Å². The second-order valence-corrected chi connectivity index (χ2v) is 6.19. The highest BCUT2D eigenvalue weighted by molar-refractivity contribution is 6.04. The van der Waals surface area contributed by atoms with Crippen LogP contribution in [0, 0.1) is 5.92 Å². The number of H-pyrrole nitrogens is 1. The minimum atomic E-state index is -0.308. The summed E-state index contributed by atoms with van der Waals surface area (Å²) < 4.78 is 1.75. The maximum atomic E-state index is 12.5. The first-order valence-corrected chi connectivity index (χ1v) is 8.13. The van der Waals surface area contributed by atoms with Crippen molar-refractivity contribution in [2.24, 2.45) is 13.0 Å². The lowest BCUT2D eigenvalue weighted by Crippen LogP contribution is -2.38. The molecule has 1 fully saturated rings. The van der Waals surface area contributed by atoms with Gasteiger partial charge in [-0.3, -0.25) is 9.59 Å². The molecule has 3 heterocycles. The summed E-state index contributed by atoms with van der Waals surface area (Å²) in [6, 6.07) is 1.35. The summed E-state index contributed by atoms with van der Waals surface area (Å²) >= 11 is 0. The van der Waals surface area contributed by atoms with Gasteiger partial charge in [0.15, 0.2) is 5.65 Å². The molecule has 2 aromatic rings. The first kappa shape index (κ1) is 15.7. The highest BCUT2D eigenvalue weighted by Gasteiger charge is 2.20. The van der Waals surface area contributed by atoms with E-state index in [1.54, 1.807) is 10.9 Å². The molecule has 0 unspecified atom stereocenters. The third kappa shape index (κ3) is 3.29. The molecule has 0 aliphatic carbocycles. The van der Waals surface area contributed by atoms with Crippen molar-refractivity contribution in [2.45, 2.75) is 19.8 Å². The fourth-order valence-corrected chi connectivity index (χ4v) is 3.20. The molecule has 3 rings (SSSR count). The maximum absolute atomic E-state index is 12.5. The van der Waals surface area contributed by atoms with Gasteiger partial charge < -0.3 is 19.8 Å². The SMILES string of the molecule is CCN1CCC(CNC(=O)c2cc(=O)[nH]c3ncn(C)c23)CC1. The van der Waals surface area contributed by atoms with E-state index in [4.69, 9.17) is 0 Å². The topological polar surface area (TPSA) is 83.0 Å². The molecule has 0 aromatic carbocycles. The Morgan fingerprint density at radius 1 is 1.43 bits per heavy atom. The molecule has 1 aliphatic heterocycles. The predicted octanol–water partition coefficient (Wildman–Crippen LogP) is 0.723. The minimum absolute atomic E-state index is 0.206. The van der Waals surface area contributed by atoms with Gasteiger partial charge >= 0.3 is 0 Å². The van der Waals surface area contributed by atoms with E-state index in [-0.39, 0.29) is 11.5 Å². The van der Waals surface area contributed by atoms with Crippen molar-refractivity contribution in [3.63, 3.8) is 0 Å². The Labute approximate surface area is 134 Å². The van der Waals surface area contributed by atoms with Crippen LogP contribution in [0.2, 0.25) is 0 Å². The molecule has 0 bridgehead atoms. The van der Waals surface area contributed by atoms with E-state index in [0.29, 0.717) is 29.2 Å². The number of rotatable bonds is 4. The molecule has 7 nitrogen and oxygen atoms in total.